The molecule has 0 spiro atoms. The highest BCUT2D eigenvalue weighted by Gasteiger charge is 2.39. The maximum Gasteiger partial charge on any atom is 0.191 e. The molecule has 2 fully saturated rings. The largest absolute Gasteiger partial charge is 0.353 e. The molecule has 114 valence electrons. The second-order valence-corrected chi connectivity index (χ2v) is 7.36. The summed E-state index contributed by atoms with van der Waals surface area (Å²) in [4.78, 5) is 4.37. The highest BCUT2D eigenvalue weighted by molar-refractivity contribution is 7.99. The molecular weight excluding hydrogens is 302 g/mol. The molecule has 1 saturated carbocycles. The minimum Gasteiger partial charge on any atom is -0.353 e. The van der Waals surface area contributed by atoms with Gasteiger partial charge in [0.2, 0.25) is 0 Å². The number of halogens is 1. The van der Waals surface area contributed by atoms with Crippen molar-refractivity contribution in [3.8, 4) is 0 Å². The van der Waals surface area contributed by atoms with E-state index in [1.807, 2.05) is 30.9 Å². The molecule has 1 aliphatic heterocycles. The van der Waals surface area contributed by atoms with Crippen molar-refractivity contribution < 1.29 is 0 Å². The van der Waals surface area contributed by atoms with Gasteiger partial charge in [0.15, 0.2) is 5.96 Å². The molecule has 3 atom stereocenters. The molecule has 1 aromatic carbocycles. The van der Waals surface area contributed by atoms with Gasteiger partial charge < -0.3 is 10.6 Å². The second kappa shape index (κ2) is 6.93. The Hall–Kier alpha value is -0.870. The molecule has 21 heavy (non-hydrogen) atoms. The van der Waals surface area contributed by atoms with Gasteiger partial charge in [-0.1, -0.05) is 23.7 Å². The van der Waals surface area contributed by atoms with Crippen LogP contribution in [-0.2, 0) is 0 Å². The van der Waals surface area contributed by atoms with Gasteiger partial charge in [0, 0.05) is 35.8 Å². The molecule has 1 aliphatic carbocycles. The summed E-state index contributed by atoms with van der Waals surface area (Å²) in [5.41, 5.74) is 1.32. The quantitative estimate of drug-likeness (QED) is 0.662. The minimum absolute atomic E-state index is 0.478. The molecule has 0 amide bonds. The van der Waals surface area contributed by atoms with Crippen LogP contribution in [0.4, 0.5) is 0 Å². The fraction of sp³-hybridized carbons (Fsp3) is 0.562. The van der Waals surface area contributed by atoms with Gasteiger partial charge in [0.1, 0.15) is 0 Å². The van der Waals surface area contributed by atoms with Gasteiger partial charge in [-0.2, -0.15) is 11.8 Å². The van der Waals surface area contributed by atoms with Gasteiger partial charge in [0.25, 0.3) is 0 Å². The highest BCUT2D eigenvalue weighted by Crippen LogP contribution is 2.41. The van der Waals surface area contributed by atoms with Crippen LogP contribution in [0.1, 0.15) is 30.7 Å². The van der Waals surface area contributed by atoms with Crippen LogP contribution in [0.2, 0.25) is 5.02 Å². The van der Waals surface area contributed by atoms with Gasteiger partial charge in [-0.25, -0.2) is 0 Å². The predicted octanol–water partition coefficient (Wildman–Crippen LogP) is 3.26. The maximum absolute atomic E-state index is 6.07. The summed E-state index contributed by atoms with van der Waals surface area (Å²) in [5.74, 6) is 3.98. The van der Waals surface area contributed by atoms with Crippen molar-refractivity contribution >= 4 is 29.3 Å². The van der Waals surface area contributed by atoms with Crippen LogP contribution >= 0.6 is 23.4 Å². The lowest BCUT2D eigenvalue weighted by molar-refractivity contribution is 0.581. The van der Waals surface area contributed by atoms with Gasteiger partial charge in [-0.3, -0.25) is 4.99 Å². The summed E-state index contributed by atoms with van der Waals surface area (Å²) in [6.45, 7) is 0. The average Bonchev–Trinajstić information content (AvgIpc) is 3.27. The third kappa shape index (κ3) is 4.07. The number of nitrogens with one attached hydrogen (secondary N) is 2. The first kappa shape index (κ1) is 15.0. The van der Waals surface area contributed by atoms with Crippen molar-refractivity contribution in [2.75, 3.05) is 18.6 Å². The Labute approximate surface area is 135 Å². The monoisotopic (exact) mass is 323 g/mol. The molecule has 5 heteroatoms. The van der Waals surface area contributed by atoms with Crippen LogP contribution < -0.4 is 10.6 Å². The van der Waals surface area contributed by atoms with E-state index in [0.29, 0.717) is 18.0 Å². The van der Waals surface area contributed by atoms with E-state index in [2.05, 4.69) is 27.8 Å². The number of rotatable bonds is 3. The van der Waals surface area contributed by atoms with E-state index in [0.717, 1.165) is 17.4 Å². The topological polar surface area (TPSA) is 36.4 Å². The zero-order chi connectivity index (χ0) is 14.7. The number of hydrogen-bond acceptors (Lipinski definition) is 2. The van der Waals surface area contributed by atoms with Crippen LogP contribution in [0.3, 0.4) is 0 Å². The normalized spacial score (nSPS) is 29.0. The second-order valence-electron chi connectivity index (χ2n) is 5.78. The lowest BCUT2D eigenvalue weighted by Gasteiger charge is -2.24. The van der Waals surface area contributed by atoms with Crippen molar-refractivity contribution in [3.63, 3.8) is 0 Å². The van der Waals surface area contributed by atoms with E-state index in [1.165, 1.54) is 29.9 Å². The Morgan fingerprint density at radius 3 is 3.00 bits per heavy atom. The summed E-state index contributed by atoms with van der Waals surface area (Å²) in [7, 11) is 1.85. The number of guanidine groups is 1. The SMILES string of the molecule is CN=C(NC1CCCSC1)NC1CC1c1cccc(Cl)c1. The molecular formula is C16H22ClN3S. The van der Waals surface area contributed by atoms with E-state index in [1.54, 1.807) is 0 Å². The van der Waals surface area contributed by atoms with Crippen LogP contribution in [0.5, 0.6) is 0 Å². The summed E-state index contributed by atoms with van der Waals surface area (Å²) in [6.07, 6.45) is 3.70. The molecule has 2 aliphatic rings. The molecule has 0 bridgehead atoms. The van der Waals surface area contributed by atoms with Crippen molar-refractivity contribution in [2.24, 2.45) is 4.99 Å². The molecule has 3 rings (SSSR count). The van der Waals surface area contributed by atoms with Crippen LogP contribution in [0, 0.1) is 0 Å². The molecule has 3 nitrogen and oxygen atoms in total. The Balaban J connectivity index is 1.52. The first-order chi connectivity index (χ1) is 10.3. The lowest BCUT2D eigenvalue weighted by Crippen LogP contribution is -2.46. The lowest BCUT2D eigenvalue weighted by atomic mass is 10.1. The molecule has 2 N–H and O–H groups in total. The van der Waals surface area contributed by atoms with E-state index in [4.69, 9.17) is 11.6 Å². The van der Waals surface area contributed by atoms with E-state index < -0.39 is 0 Å². The van der Waals surface area contributed by atoms with E-state index in [9.17, 15) is 0 Å². The molecule has 1 heterocycles. The fourth-order valence-electron chi connectivity index (χ4n) is 2.85. The van der Waals surface area contributed by atoms with Crippen molar-refractivity contribution in [3.05, 3.63) is 34.9 Å². The van der Waals surface area contributed by atoms with Crippen molar-refractivity contribution in [2.45, 2.75) is 37.3 Å². The predicted molar refractivity (Wildman–Crippen MR) is 92.6 cm³/mol. The average molecular weight is 324 g/mol. The van der Waals surface area contributed by atoms with Crippen LogP contribution in [-0.4, -0.2) is 36.6 Å². The minimum atomic E-state index is 0.478. The zero-order valence-electron chi connectivity index (χ0n) is 12.3. The molecule has 0 aromatic heterocycles. The Morgan fingerprint density at radius 1 is 1.38 bits per heavy atom. The smallest absolute Gasteiger partial charge is 0.191 e. The summed E-state index contributed by atoms with van der Waals surface area (Å²) >= 11 is 8.10. The number of nitrogens with zero attached hydrogens (tertiary/aromatic N) is 1. The molecule has 1 aromatic rings. The summed E-state index contributed by atoms with van der Waals surface area (Å²) < 4.78 is 0. The molecule has 1 saturated heterocycles. The van der Waals surface area contributed by atoms with Gasteiger partial charge in [-0.15, -0.1) is 0 Å². The van der Waals surface area contributed by atoms with E-state index in [-0.39, 0.29) is 0 Å². The third-order valence-corrected chi connectivity index (χ3v) is 5.56. The van der Waals surface area contributed by atoms with Gasteiger partial charge in [0.05, 0.1) is 0 Å². The Morgan fingerprint density at radius 2 is 2.29 bits per heavy atom. The van der Waals surface area contributed by atoms with Crippen molar-refractivity contribution in [1.29, 1.82) is 0 Å². The van der Waals surface area contributed by atoms with E-state index >= 15 is 0 Å². The number of aliphatic imine (C=N–C) groups is 1. The number of benzene rings is 1. The Bertz CT molecular complexity index is 514. The highest BCUT2D eigenvalue weighted by atomic mass is 35.5. The number of hydrogen-bond donors (Lipinski definition) is 2. The van der Waals surface area contributed by atoms with Crippen LogP contribution in [0.25, 0.3) is 0 Å². The molecule has 3 unspecified atom stereocenters. The van der Waals surface area contributed by atoms with Crippen LogP contribution in [0.15, 0.2) is 29.3 Å². The zero-order valence-corrected chi connectivity index (χ0v) is 13.9. The maximum atomic E-state index is 6.07. The Kier molecular flexibility index (Phi) is 4.96. The fourth-order valence-corrected chi connectivity index (χ4v) is 4.13. The number of thioether (sulfide) groups is 1. The molecule has 0 radical (unpaired) electrons. The third-order valence-electron chi connectivity index (χ3n) is 4.11. The van der Waals surface area contributed by atoms with Gasteiger partial charge >= 0.3 is 0 Å². The summed E-state index contributed by atoms with van der Waals surface area (Å²) in [5, 5.41) is 7.91. The standard InChI is InChI=1S/C16H22ClN3S/c1-18-16(19-13-6-3-7-21-10-13)20-15-9-14(15)11-4-2-5-12(17)8-11/h2,4-5,8,13-15H,3,6-7,9-10H2,1H3,(H2,18,19,20). The first-order valence-electron chi connectivity index (χ1n) is 7.59. The summed E-state index contributed by atoms with van der Waals surface area (Å²) in [6, 6.07) is 9.22. The van der Waals surface area contributed by atoms with Crippen molar-refractivity contribution in [1.82, 2.24) is 10.6 Å². The van der Waals surface area contributed by atoms with Gasteiger partial charge in [-0.05, 0) is 42.7 Å². The first-order valence-corrected chi connectivity index (χ1v) is 9.12.